The first-order valence-electron chi connectivity index (χ1n) is 6.14. The van der Waals surface area contributed by atoms with Gasteiger partial charge in [0.25, 0.3) is 0 Å². The summed E-state index contributed by atoms with van der Waals surface area (Å²) in [7, 11) is -3.17. The molecule has 1 aromatic heterocycles. The molecule has 1 aliphatic heterocycles. The summed E-state index contributed by atoms with van der Waals surface area (Å²) in [5, 5.41) is 13.9. The maximum absolute atomic E-state index is 11.5. The zero-order valence-electron chi connectivity index (χ0n) is 10.5. The molecule has 7 heteroatoms. The number of nitrogens with zero attached hydrogens (tertiary/aromatic N) is 1. The SMILES string of the molecule is O=S1(=O)CC(O)C(Nc2cccc3cc(Br)cnc23)C1. The van der Waals surface area contributed by atoms with Crippen molar-refractivity contribution in [2.45, 2.75) is 12.1 Å². The molecule has 0 bridgehead atoms. The number of benzene rings is 1. The standard InChI is InChI=1S/C13H13BrN2O3S/c14-9-4-8-2-1-3-10(13(8)15-5-9)16-11-6-20(18,19)7-12(11)17/h1-5,11-12,16-17H,6-7H2. The third-order valence-electron chi connectivity index (χ3n) is 3.34. The largest absolute Gasteiger partial charge is 0.390 e. The average Bonchev–Trinajstić information content (AvgIpc) is 2.62. The Morgan fingerprint density at radius 1 is 1.35 bits per heavy atom. The van der Waals surface area contributed by atoms with Gasteiger partial charge >= 0.3 is 0 Å². The number of aliphatic hydroxyl groups excluding tert-OH is 1. The molecule has 1 fully saturated rings. The van der Waals surface area contributed by atoms with E-state index in [1.165, 1.54) is 0 Å². The van der Waals surface area contributed by atoms with Gasteiger partial charge in [-0.05, 0) is 28.1 Å². The molecule has 3 rings (SSSR count). The molecule has 0 spiro atoms. The van der Waals surface area contributed by atoms with Crippen LogP contribution in [-0.2, 0) is 9.84 Å². The molecule has 1 aliphatic rings. The van der Waals surface area contributed by atoms with E-state index >= 15 is 0 Å². The topological polar surface area (TPSA) is 79.3 Å². The smallest absolute Gasteiger partial charge is 0.155 e. The van der Waals surface area contributed by atoms with Gasteiger partial charge in [0.05, 0.1) is 34.9 Å². The Hall–Kier alpha value is -1.18. The monoisotopic (exact) mass is 356 g/mol. The Balaban J connectivity index is 1.96. The van der Waals surface area contributed by atoms with E-state index in [1.54, 1.807) is 6.20 Å². The normalized spacial score (nSPS) is 24.9. The summed E-state index contributed by atoms with van der Waals surface area (Å²) in [5.74, 6) is -0.241. The van der Waals surface area contributed by atoms with Crippen molar-refractivity contribution >= 4 is 42.4 Å². The van der Waals surface area contributed by atoms with Crippen LogP contribution in [0.3, 0.4) is 0 Å². The van der Waals surface area contributed by atoms with Crippen LogP contribution in [0.4, 0.5) is 5.69 Å². The molecule has 1 saturated heterocycles. The van der Waals surface area contributed by atoms with E-state index in [1.807, 2.05) is 24.3 Å². The number of pyridine rings is 1. The third kappa shape index (κ3) is 2.65. The highest BCUT2D eigenvalue weighted by Gasteiger charge is 2.36. The maximum atomic E-state index is 11.5. The second-order valence-corrected chi connectivity index (χ2v) is 8.00. The van der Waals surface area contributed by atoms with Crippen molar-refractivity contribution in [3.05, 3.63) is 34.9 Å². The summed E-state index contributed by atoms with van der Waals surface area (Å²) >= 11 is 3.37. The van der Waals surface area contributed by atoms with Gasteiger partial charge in [0.1, 0.15) is 0 Å². The summed E-state index contributed by atoms with van der Waals surface area (Å²) in [6.45, 7) is 0. The van der Waals surface area contributed by atoms with Crippen molar-refractivity contribution < 1.29 is 13.5 Å². The number of hydrogen-bond donors (Lipinski definition) is 2. The Morgan fingerprint density at radius 2 is 2.15 bits per heavy atom. The first-order valence-corrected chi connectivity index (χ1v) is 8.75. The molecule has 0 amide bonds. The molecule has 2 N–H and O–H groups in total. The number of sulfone groups is 1. The van der Waals surface area contributed by atoms with Gasteiger partial charge in [0, 0.05) is 16.1 Å². The molecule has 1 aromatic carbocycles. The lowest BCUT2D eigenvalue weighted by Crippen LogP contribution is -2.31. The molecule has 106 valence electrons. The van der Waals surface area contributed by atoms with E-state index in [4.69, 9.17) is 0 Å². The van der Waals surface area contributed by atoms with E-state index in [-0.39, 0.29) is 11.5 Å². The Labute approximate surface area is 125 Å². The van der Waals surface area contributed by atoms with E-state index in [2.05, 4.69) is 26.2 Å². The molecule has 2 aromatic rings. The molecule has 5 nitrogen and oxygen atoms in total. The summed E-state index contributed by atoms with van der Waals surface area (Å²) < 4.78 is 23.9. The molecule has 2 heterocycles. The van der Waals surface area contributed by atoms with Crippen molar-refractivity contribution in [3.8, 4) is 0 Å². The zero-order valence-corrected chi connectivity index (χ0v) is 12.9. The van der Waals surface area contributed by atoms with Gasteiger partial charge in [0.2, 0.25) is 0 Å². The number of fused-ring (bicyclic) bond motifs is 1. The Kier molecular flexibility index (Phi) is 3.43. The lowest BCUT2D eigenvalue weighted by molar-refractivity contribution is 0.190. The summed E-state index contributed by atoms with van der Waals surface area (Å²) in [6.07, 6.45) is 0.806. The second-order valence-electron chi connectivity index (χ2n) is 4.93. The number of halogens is 1. The summed E-state index contributed by atoms with van der Waals surface area (Å²) in [4.78, 5) is 4.34. The van der Waals surface area contributed by atoms with Crippen LogP contribution >= 0.6 is 15.9 Å². The number of nitrogens with one attached hydrogen (secondary N) is 1. The third-order valence-corrected chi connectivity index (χ3v) is 5.49. The minimum Gasteiger partial charge on any atom is -0.390 e. The first kappa shape index (κ1) is 13.8. The Morgan fingerprint density at radius 3 is 2.85 bits per heavy atom. The molecule has 20 heavy (non-hydrogen) atoms. The number of anilines is 1. The van der Waals surface area contributed by atoms with Crippen molar-refractivity contribution in [3.63, 3.8) is 0 Å². The number of rotatable bonds is 2. The lowest BCUT2D eigenvalue weighted by atomic mass is 10.1. The zero-order chi connectivity index (χ0) is 14.3. The van der Waals surface area contributed by atoms with E-state index in [0.29, 0.717) is 0 Å². The second kappa shape index (κ2) is 4.98. The Bertz CT molecular complexity index is 763. The van der Waals surface area contributed by atoms with Crippen LogP contribution in [0, 0.1) is 0 Å². The van der Waals surface area contributed by atoms with Crippen molar-refractivity contribution in [2.24, 2.45) is 0 Å². The van der Waals surface area contributed by atoms with Crippen LogP contribution < -0.4 is 5.32 Å². The summed E-state index contributed by atoms with van der Waals surface area (Å²) in [5.41, 5.74) is 1.49. The quantitative estimate of drug-likeness (QED) is 0.853. The molecule has 2 atom stereocenters. The molecule has 0 radical (unpaired) electrons. The van der Waals surface area contributed by atoms with Gasteiger partial charge < -0.3 is 10.4 Å². The van der Waals surface area contributed by atoms with Crippen LogP contribution in [0.5, 0.6) is 0 Å². The van der Waals surface area contributed by atoms with Crippen molar-refractivity contribution in [1.82, 2.24) is 4.98 Å². The van der Waals surface area contributed by atoms with E-state index in [0.717, 1.165) is 21.1 Å². The molecule has 0 saturated carbocycles. The van der Waals surface area contributed by atoms with Crippen LogP contribution in [0.25, 0.3) is 10.9 Å². The van der Waals surface area contributed by atoms with Crippen LogP contribution in [0.15, 0.2) is 34.9 Å². The van der Waals surface area contributed by atoms with Gasteiger partial charge in [0.15, 0.2) is 9.84 Å². The predicted molar refractivity (Wildman–Crippen MR) is 81.5 cm³/mol. The molecule has 0 aliphatic carbocycles. The highest BCUT2D eigenvalue weighted by molar-refractivity contribution is 9.10. The number of hydrogen-bond acceptors (Lipinski definition) is 5. The fourth-order valence-corrected chi connectivity index (χ4v) is 4.51. The van der Waals surface area contributed by atoms with Gasteiger partial charge in [-0.1, -0.05) is 12.1 Å². The maximum Gasteiger partial charge on any atom is 0.155 e. The average molecular weight is 357 g/mol. The summed E-state index contributed by atoms with van der Waals surface area (Å²) in [6, 6.07) is 7.08. The molecule has 2 unspecified atom stereocenters. The fraction of sp³-hybridized carbons (Fsp3) is 0.308. The minimum atomic E-state index is -3.17. The predicted octanol–water partition coefficient (Wildman–Crippen LogP) is 1.57. The van der Waals surface area contributed by atoms with Crippen molar-refractivity contribution in [1.29, 1.82) is 0 Å². The minimum absolute atomic E-state index is 0.0545. The van der Waals surface area contributed by atoms with Crippen LogP contribution in [-0.4, -0.2) is 42.2 Å². The van der Waals surface area contributed by atoms with Gasteiger partial charge in [-0.3, -0.25) is 4.98 Å². The molecular formula is C13H13BrN2O3S. The fourth-order valence-electron chi connectivity index (χ4n) is 2.42. The van der Waals surface area contributed by atoms with Crippen LogP contribution in [0.1, 0.15) is 0 Å². The number of aromatic nitrogens is 1. The van der Waals surface area contributed by atoms with Crippen molar-refractivity contribution in [2.75, 3.05) is 16.8 Å². The molecular weight excluding hydrogens is 344 g/mol. The van der Waals surface area contributed by atoms with Crippen LogP contribution in [0.2, 0.25) is 0 Å². The lowest BCUT2D eigenvalue weighted by Gasteiger charge is -2.17. The van der Waals surface area contributed by atoms with E-state index < -0.39 is 22.0 Å². The highest BCUT2D eigenvalue weighted by Crippen LogP contribution is 2.26. The highest BCUT2D eigenvalue weighted by atomic mass is 79.9. The number of aliphatic hydroxyl groups is 1. The van der Waals surface area contributed by atoms with E-state index in [9.17, 15) is 13.5 Å². The van der Waals surface area contributed by atoms with Gasteiger partial charge in [-0.15, -0.1) is 0 Å². The van der Waals surface area contributed by atoms with Gasteiger partial charge in [-0.25, -0.2) is 8.42 Å². The van der Waals surface area contributed by atoms with Gasteiger partial charge in [-0.2, -0.15) is 0 Å². The first-order chi connectivity index (χ1) is 9.44. The number of para-hydroxylation sites is 1.